The molecular weight excluding hydrogens is 580 g/mol. The van der Waals surface area contributed by atoms with Crippen LogP contribution < -0.4 is 10.6 Å². The summed E-state index contributed by atoms with van der Waals surface area (Å²) >= 11 is 0. The van der Waals surface area contributed by atoms with Crippen LogP contribution in [0.4, 0.5) is 0 Å². The molecule has 5 fully saturated rings. The second-order valence-corrected chi connectivity index (χ2v) is 10.6. The lowest BCUT2D eigenvalue weighted by Gasteiger charge is -2.69. The summed E-state index contributed by atoms with van der Waals surface area (Å²) in [5.74, 6) is -11.4. The van der Waals surface area contributed by atoms with E-state index in [1.165, 1.54) is 0 Å². The SMILES string of the molecule is CC(=O)N[C@H]1[C@H](O)O[C@H](CO)C2(OC3(O[C@H](CO)C4(OC5(O[C@H](CO)[C@@H](O)[C@H](O)[C@@H]5O)O4)[C@H](O)[C@H]3NC(C)=O)O2)[C@@H]1O. The minimum atomic E-state index is -2.57. The molecule has 20 nitrogen and oxygen atoms in total. The predicted octanol–water partition coefficient (Wildman–Crippen LogP) is -7.91. The van der Waals surface area contributed by atoms with E-state index >= 15 is 0 Å². The monoisotopic (exact) mass is 614 g/mol. The number of hydrogen-bond donors (Lipinski definition) is 11. The fourth-order valence-electron chi connectivity index (χ4n) is 5.88. The second-order valence-electron chi connectivity index (χ2n) is 10.6. The van der Waals surface area contributed by atoms with Gasteiger partial charge in [-0.25, -0.2) is 0 Å². The zero-order valence-corrected chi connectivity index (χ0v) is 22.2. The van der Waals surface area contributed by atoms with Crippen LogP contribution in [0.1, 0.15) is 13.8 Å². The largest absolute Gasteiger partial charge is 0.394 e. The standard InChI is InChI=1S/C22H34N2O18/c1-6(28)23-11-15(32)19(9(4-26)36-18(11)35)39-21(40-19)14(24-7(2)29)17(34)20(10(5-27)38-21)41-22(42-20)16(33)13(31)12(30)8(3-25)37-22/h8-18,25-27,30-35H,3-5H2,1-2H3,(H,23,28)(H,24,29)/t8-,9-,10-,11-,12-,13+,14-,15-,16+,17-,18-,19?,20?,21?,22?/m1/s1. The summed E-state index contributed by atoms with van der Waals surface area (Å²) in [7, 11) is 0. The number of amides is 2. The molecule has 0 radical (unpaired) electrons. The second kappa shape index (κ2) is 10.7. The van der Waals surface area contributed by atoms with Gasteiger partial charge < -0.3 is 70.8 Å². The third kappa shape index (κ3) is 4.38. The summed E-state index contributed by atoms with van der Waals surface area (Å²) in [4.78, 5) is 23.8. The minimum absolute atomic E-state index is 0.683. The Morgan fingerprint density at radius 1 is 0.667 bits per heavy atom. The minimum Gasteiger partial charge on any atom is -0.394 e. The van der Waals surface area contributed by atoms with Gasteiger partial charge in [0.2, 0.25) is 23.4 Å². The molecule has 5 saturated heterocycles. The van der Waals surface area contributed by atoms with Gasteiger partial charge in [-0.2, -0.15) is 0 Å². The quantitative estimate of drug-likeness (QED) is 0.137. The molecule has 240 valence electrons. The van der Waals surface area contributed by atoms with Gasteiger partial charge in [0.05, 0.1) is 19.8 Å². The first-order chi connectivity index (χ1) is 19.7. The molecule has 0 bridgehead atoms. The van der Waals surface area contributed by atoms with Gasteiger partial charge in [-0.1, -0.05) is 0 Å². The van der Waals surface area contributed by atoms with Crippen molar-refractivity contribution >= 4 is 11.8 Å². The third-order valence-electron chi connectivity index (χ3n) is 7.86. The Hall–Kier alpha value is -1.70. The van der Waals surface area contributed by atoms with E-state index in [1.54, 1.807) is 0 Å². The first-order valence-electron chi connectivity index (χ1n) is 12.9. The summed E-state index contributed by atoms with van der Waals surface area (Å²) in [5, 5.41) is 97.8. The zero-order chi connectivity index (χ0) is 31.0. The Labute approximate surface area is 236 Å². The van der Waals surface area contributed by atoms with Crippen LogP contribution in [0.2, 0.25) is 0 Å². The van der Waals surface area contributed by atoms with E-state index < -0.39 is 122 Å². The van der Waals surface area contributed by atoms with Crippen molar-refractivity contribution in [3.05, 3.63) is 0 Å². The van der Waals surface area contributed by atoms with E-state index in [4.69, 9.17) is 33.2 Å². The maximum atomic E-state index is 12.2. The van der Waals surface area contributed by atoms with Gasteiger partial charge in [0, 0.05) is 13.8 Å². The Morgan fingerprint density at radius 3 is 1.74 bits per heavy atom. The van der Waals surface area contributed by atoms with Gasteiger partial charge in [-0.15, -0.1) is 0 Å². The number of rotatable bonds is 5. The molecule has 5 heterocycles. The molecule has 5 aliphatic heterocycles. The van der Waals surface area contributed by atoms with E-state index in [2.05, 4.69) is 10.6 Å². The molecule has 2 amide bonds. The lowest BCUT2D eigenvalue weighted by Crippen LogP contribution is -2.92. The van der Waals surface area contributed by atoms with E-state index in [0.717, 1.165) is 13.8 Å². The van der Waals surface area contributed by atoms with Crippen molar-refractivity contribution in [3.63, 3.8) is 0 Å². The van der Waals surface area contributed by atoms with Crippen LogP contribution in [0.25, 0.3) is 0 Å². The molecule has 5 aliphatic rings. The summed E-state index contributed by atoms with van der Waals surface area (Å²) in [6.45, 7) is -0.627. The van der Waals surface area contributed by atoms with Crippen molar-refractivity contribution in [2.24, 2.45) is 0 Å². The van der Waals surface area contributed by atoms with Crippen molar-refractivity contribution in [2.45, 2.75) is 105 Å². The Bertz CT molecular complexity index is 1050. The first kappa shape index (κ1) is 31.7. The van der Waals surface area contributed by atoms with Gasteiger partial charge in [-0.3, -0.25) is 28.5 Å². The number of ether oxygens (including phenoxy) is 7. The molecule has 20 heteroatoms. The molecule has 0 unspecified atom stereocenters. The maximum absolute atomic E-state index is 12.2. The van der Waals surface area contributed by atoms with Gasteiger partial charge in [0.25, 0.3) is 0 Å². The molecule has 0 aromatic carbocycles. The average molecular weight is 615 g/mol. The molecule has 0 saturated carbocycles. The van der Waals surface area contributed by atoms with Crippen LogP contribution in [0.3, 0.4) is 0 Å². The van der Waals surface area contributed by atoms with Gasteiger partial charge in [0.15, 0.2) is 12.4 Å². The van der Waals surface area contributed by atoms with Crippen LogP contribution in [-0.4, -0.2) is 168 Å². The fourth-order valence-corrected chi connectivity index (χ4v) is 5.88. The highest BCUT2D eigenvalue weighted by Gasteiger charge is 2.83. The van der Waals surface area contributed by atoms with Gasteiger partial charge >= 0.3 is 11.9 Å². The molecular formula is C22H34N2O18. The fraction of sp³-hybridized carbons (Fsp3) is 0.909. The first-order valence-corrected chi connectivity index (χ1v) is 12.9. The Kier molecular flexibility index (Phi) is 8.10. The van der Waals surface area contributed by atoms with Crippen molar-refractivity contribution in [1.82, 2.24) is 10.6 Å². The topological polar surface area (TPSA) is 305 Å². The summed E-state index contributed by atoms with van der Waals surface area (Å²) in [6, 6.07) is -3.36. The lowest BCUT2D eigenvalue weighted by atomic mass is 9.84. The number of aliphatic hydroxyl groups is 9. The average Bonchev–Trinajstić information content (AvgIpc) is 2.89. The Morgan fingerprint density at radius 2 is 1.21 bits per heavy atom. The van der Waals surface area contributed by atoms with E-state index in [0.29, 0.717) is 0 Å². The molecule has 5 rings (SSSR count). The zero-order valence-electron chi connectivity index (χ0n) is 22.2. The Balaban J connectivity index is 1.45. The summed E-state index contributed by atoms with van der Waals surface area (Å²) < 4.78 is 39.4. The van der Waals surface area contributed by atoms with Gasteiger partial charge in [0.1, 0.15) is 54.8 Å². The number of carbonyl (C=O) groups excluding carboxylic acids is 2. The van der Waals surface area contributed by atoms with Crippen LogP contribution in [0.15, 0.2) is 0 Å². The van der Waals surface area contributed by atoms with Crippen LogP contribution in [-0.2, 0) is 42.7 Å². The third-order valence-corrected chi connectivity index (χ3v) is 7.86. The molecule has 0 aliphatic carbocycles. The molecule has 42 heavy (non-hydrogen) atoms. The summed E-state index contributed by atoms with van der Waals surface area (Å²) in [6.07, 6.45) is -16.6. The molecule has 0 aromatic heterocycles. The molecule has 11 atom stereocenters. The van der Waals surface area contributed by atoms with Crippen molar-refractivity contribution in [2.75, 3.05) is 19.8 Å². The van der Waals surface area contributed by atoms with Crippen LogP contribution in [0, 0.1) is 0 Å². The number of hydrogen-bond acceptors (Lipinski definition) is 18. The summed E-state index contributed by atoms with van der Waals surface area (Å²) in [5.41, 5.74) is 0. The van der Waals surface area contributed by atoms with E-state index in [9.17, 15) is 55.5 Å². The highest BCUT2D eigenvalue weighted by Crippen LogP contribution is 2.58. The van der Waals surface area contributed by atoms with E-state index in [1.807, 2.05) is 0 Å². The lowest BCUT2D eigenvalue weighted by molar-refractivity contribution is -0.693. The molecule has 4 spiro atoms. The number of nitrogens with one attached hydrogen (secondary N) is 2. The molecule has 0 aromatic rings. The van der Waals surface area contributed by atoms with Crippen LogP contribution >= 0.6 is 0 Å². The van der Waals surface area contributed by atoms with Crippen molar-refractivity contribution in [3.8, 4) is 0 Å². The smallest absolute Gasteiger partial charge is 0.319 e. The number of carbonyl (C=O) groups is 2. The normalized spacial score (nSPS) is 53.5. The highest BCUT2D eigenvalue weighted by atomic mass is 17.1. The van der Waals surface area contributed by atoms with Crippen molar-refractivity contribution in [1.29, 1.82) is 0 Å². The van der Waals surface area contributed by atoms with Crippen LogP contribution in [0.5, 0.6) is 0 Å². The van der Waals surface area contributed by atoms with E-state index in [-0.39, 0.29) is 0 Å². The highest BCUT2D eigenvalue weighted by molar-refractivity contribution is 5.74. The molecule has 11 N–H and O–H groups in total. The number of aliphatic hydroxyl groups excluding tert-OH is 9. The maximum Gasteiger partial charge on any atom is 0.319 e. The predicted molar refractivity (Wildman–Crippen MR) is 122 cm³/mol. The van der Waals surface area contributed by atoms with Gasteiger partial charge in [-0.05, 0) is 0 Å². The van der Waals surface area contributed by atoms with Crippen molar-refractivity contribution < 1.29 is 88.7 Å².